The minimum atomic E-state index is 0.0117. The Kier molecular flexibility index (Phi) is 4.05. The van der Waals surface area contributed by atoms with Crippen LogP contribution in [0.1, 0.15) is 27.5 Å². The van der Waals surface area contributed by atoms with Crippen LogP contribution in [0.2, 0.25) is 0 Å². The van der Waals surface area contributed by atoms with Crippen molar-refractivity contribution < 1.29 is 4.79 Å². The molecule has 1 amide bonds. The van der Waals surface area contributed by atoms with Gasteiger partial charge in [0.25, 0.3) is 0 Å². The summed E-state index contributed by atoms with van der Waals surface area (Å²) in [5.74, 6) is 5.94. The second-order valence-corrected chi connectivity index (χ2v) is 5.98. The first-order valence-corrected chi connectivity index (χ1v) is 7.78. The van der Waals surface area contributed by atoms with Gasteiger partial charge in [-0.05, 0) is 23.6 Å². The van der Waals surface area contributed by atoms with Gasteiger partial charge in [-0.15, -0.1) is 11.3 Å². The first-order chi connectivity index (χ1) is 10.3. The third-order valence-electron chi connectivity index (χ3n) is 3.60. The fourth-order valence-corrected chi connectivity index (χ4v) is 3.24. The Morgan fingerprint density at radius 3 is 3.10 bits per heavy atom. The van der Waals surface area contributed by atoms with E-state index in [1.165, 1.54) is 5.56 Å². The molecular formula is C17H16N2OS. The predicted molar refractivity (Wildman–Crippen MR) is 85.0 cm³/mol. The number of nitrogens with two attached hydrogens (primary N) is 1. The van der Waals surface area contributed by atoms with E-state index in [0.717, 1.165) is 22.4 Å². The fraction of sp³-hybridized carbons (Fsp3) is 0.235. The Bertz CT molecular complexity index is 724. The Hall–Kier alpha value is -2.09. The molecule has 3 N–H and O–H groups in total. The summed E-state index contributed by atoms with van der Waals surface area (Å²) >= 11 is 1.61. The molecule has 1 aromatic heterocycles. The van der Waals surface area contributed by atoms with Gasteiger partial charge >= 0.3 is 0 Å². The van der Waals surface area contributed by atoms with E-state index >= 15 is 0 Å². The molecule has 0 fully saturated rings. The molecule has 1 heterocycles. The Balaban J connectivity index is 1.56. The molecule has 106 valence electrons. The van der Waals surface area contributed by atoms with Gasteiger partial charge in [-0.25, -0.2) is 0 Å². The lowest BCUT2D eigenvalue weighted by Gasteiger charge is -2.28. The molecule has 1 aromatic carbocycles. The maximum atomic E-state index is 12.2. The minimum Gasteiger partial charge on any atom is -0.351 e. The van der Waals surface area contributed by atoms with E-state index in [1.807, 2.05) is 29.6 Å². The van der Waals surface area contributed by atoms with E-state index < -0.39 is 0 Å². The number of thiophene rings is 1. The number of rotatable bonds is 3. The standard InChI is InChI=1S/C17H16N2OS/c18-7-3-4-12-8-14(21-11-12)10-19-17(20)16-9-13-5-1-2-6-15(13)16/h1-2,5-6,8,11,16H,7,9-10,18H2,(H,19,20). The number of hydrogen-bond acceptors (Lipinski definition) is 3. The van der Waals surface area contributed by atoms with Gasteiger partial charge in [0.1, 0.15) is 0 Å². The van der Waals surface area contributed by atoms with Gasteiger partial charge in [-0.3, -0.25) is 4.79 Å². The van der Waals surface area contributed by atoms with E-state index in [4.69, 9.17) is 5.73 Å². The lowest BCUT2D eigenvalue weighted by molar-refractivity contribution is -0.123. The van der Waals surface area contributed by atoms with E-state index in [2.05, 4.69) is 23.2 Å². The maximum Gasteiger partial charge on any atom is 0.228 e. The van der Waals surface area contributed by atoms with Crippen molar-refractivity contribution >= 4 is 17.2 Å². The van der Waals surface area contributed by atoms with E-state index in [-0.39, 0.29) is 11.8 Å². The van der Waals surface area contributed by atoms with Crippen molar-refractivity contribution in [3.05, 3.63) is 57.3 Å². The minimum absolute atomic E-state index is 0.0117. The van der Waals surface area contributed by atoms with Crippen LogP contribution in [0.15, 0.2) is 35.7 Å². The molecule has 0 saturated heterocycles. The van der Waals surface area contributed by atoms with Gasteiger partial charge in [-0.1, -0.05) is 36.1 Å². The Morgan fingerprint density at radius 1 is 1.43 bits per heavy atom. The smallest absolute Gasteiger partial charge is 0.228 e. The van der Waals surface area contributed by atoms with Gasteiger partial charge < -0.3 is 11.1 Å². The second-order valence-electron chi connectivity index (χ2n) is 4.98. The third kappa shape index (κ3) is 2.99. The molecule has 0 spiro atoms. The molecule has 0 aliphatic heterocycles. The summed E-state index contributed by atoms with van der Waals surface area (Å²) in [7, 11) is 0. The number of nitrogens with one attached hydrogen (secondary N) is 1. The zero-order chi connectivity index (χ0) is 14.7. The zero-order valence-corrected chi connectivity index (χ0v) is 12.4. The van der Waals surface area contributed by atoms with Crippen molar-refractivity contribution in [2.45, 2.75) is 18.9 Å². The lowest BCUT2D eigenvalue weighted by atomic mass is 9.77. The molecule has 3 nitrogen and oxygen atoms in total. The Labute approximate surface area is 128 Å². The van der Waals surface area contributed by atoms with Gasteiger partial charge in [0.05, 0.1) is 19.0 Å². The molecule has 1 aliphatic rings. The molecule has 1 unspecified atom stereocenters. The monoisotopic (exact) mass is 296 g/mol. The van der Waals surface area contributed by atoms with Crippen molar-refractivity contribution in [3.8, 4) is 11.8 Å². The summed E-state index contributed by atoms with van der Waals surface area (Å²) < 4.78 is 0. The summed E-state index contributed by atoms with van der Waals surface area (Å²) in [5.41, 5.74) is 8.76. The molecule has 1 atom stereocenters. The second kappa shape index (κ2) is 6.13. The highest BCUT2D eigenvalue weighted by Gasteiger charge is 2.31. The van der Waals surface area contributed by atoms with Crippen molar-refractivity contribution in [1.29, 1.82) is 0 Å². The quantitative estimate of drug-likeness (QED) is 0.851. The van der Waals surface area contributed by atoms with Crippen LogP contribution in [0.5, 0.6) is 0 Å². The molecule has 1 aliphatic carbocycles. The number of carbonyl (C=O) groups excluding carboxylic acids is 1. The van der Waals surface area contributed by atoms with E-state index in [9.17, 15) is 4.79 Å². The summed E-state index contributed by atoms with van der Waals surface area (Å²) in [6.07, 6.45) is 0.847. The molecule has 2 aromatic rings. The third-order valence-corrected chi connectivity index (χ3v) is 4.53. The number of benzene rings is 1. The van der Waals surface area contributed by atoms with Crippen LogP contribution in [0, 0.1) is 11.8 Å². The van der Waals surface area contributed by atoms with E-state index in [1.54, 1.807) is 11.3 Å². The average Bonchev–Trinajstić information content (AvgIpc) is 2.92. The van der Waals surface area contributed by atoms with Crippen molar-refractivity contribution in [3.63, 3.8) is 0 Å². The first kappa shape index (κ1) is 13.9. The molecule has 0 saturated carbocycles. The highest BCUT2D eigenvalue weighted by molar-refractivity contribution is 7.10. The van der Waals surface area contributed by atoms with Crippen LogP contribution in [0.4, 0.5) is 0 Å². The van der Waals surface area contributed by atoms with Crippen molar-refractivity contribution in [1.82, 2.24) is 5.32 Å². The van der Waals surface area contributed by atoms with Crippen molar-refractivity contribution in [2.75, 3.05) is 6.54 Å². The summed E-state index contributed by atoms with van der Waals surface area (Å²) in [4.78, 5) is 13.3. The highest BCUT2D eigenvalue weighted by Crippen LogP contribution is 2.34. The van der Waals surface area contributed by atoms with E-state index in [0.29, 0.717) is 13.1 Å². The average molecular weight is 296 g/mol. The van der Waals surface area contributed by atoms with Crippen LogP contribution >= 0.6 is 11.3 Å². The van der Waals surface area contributed by atoms with Gasteiger partial charge in [0.15, 0.2) is 0 Å². The topological polar surface area (TPSA) is 55.1 Å². The number of fused-ring (bicyclic) bond motifs is 1. The lowest BCUT2D eigenvalue weighted by Crippen LogP contribution is -2.34. The Morgan fingerprint density at radius 2 is 2.29 bits per heavy atom. The fourth-order valence-electron chi connectivity index (χ4n) is 2.48. The largest absolute Gasteiger partial charge is 0.351 e. The molecule has 0 radical (unpaired) electrons. The molecule has 3 rings (SSSR count). The number of amides is 1. The van der Waals surface area contributed by atoms with Gasteiger partial charge in [0, 0.05) is 15.8 Å². The molecule has 21 heavy (non-hydrogen) atoms. The van der Waals surface area contributed by atoms with Crippen LogP contribution < -0.4 is 11.1 Å². The van der Waals surface area contributed by atoms with Gasteiger partial charge in [-0.2, -0.15) is 0 Å². The summed E-state index contributed by atoms with van der Waals surface area (Å²) in [5, 5.41) is 5.00. The van der Waals surface area contributed by atoms with Gasteiger partial charge in [0.2, 0.25) is 5.91 Å². The van der Waals surface area contributed by atoms with Crippen LogP contribution in [-0.2, 0) is 17.8 Å². The van der Waals surface area contributed by atoms with Crippen LogP contribution in [0.3, 0.4) is 0 Å². The molecule has 0 bridgehead atoms. The zero-order valence-electron chi connectivity index (χ0n) is 11.6. The first-order valence-electron chi connectivity index (χ1n) is 6.90. The molecule has 4 heteroatoms. The summed E-state index contributed by atoms with van der Waals surface area (Å²) in [6, 6.07) is 10.1. The normalized spacial score (nSPS) is 15.4. The molecular weight excluding hydrogens is 280 g/mol. The predicted octanol–water partition coefficient (Wildman–Crippen LogP) is 2.01. The SMILES string of the molecule is NCC#Cc1csc(CNC(=O)C2Cc3ccccc32)c1. The summed E-state index contributed by atoms with van der Waals surface area (Å²) in [6.45, 7) is 0.926. The maximum absolute atomic E-state index is 12.2. The highest BCUT2D eigenvalue weighted by atomic mass is 32.1. The number of hydrogen-bond donors (Lipinski definition) is 2. The number of carbonyl (C=O) groups is 1. The van der Waals surface area contributed by atoms with Crippen LogP contribution in [0.25, 0.3) is 0 Å². The van der Waals surface area contributed by atoms with Crippen LogP contribution in [-0.4, -0.2) is 12.5 Å². The van der Waals surface area contributed by atoms with Crippen molar-refractivity contribution in [2.24, 2.45) is 5.73 Å².